The molecule has 0 saturated heterocycles. The van der Waals surface area contributed by atoms with Gasteiger partial charge < -0.3 is 10.5 Å². The van der Waals surface area contributed by atoms with Crippen LogP contribution in [0.3, 0.4) is 0 Å². The second-order valence-electron chi connectivity index (χ2n) is 4.62. The minimum absolute atomic E-state index is 0.166. The van der Waals surface area contributed by atoms with Crippen LogP contribution in [0.1, 0.15) is 32.8 Å². The SMILES string of the molecule is CCOC(C)(CC)C(N)Cc1cccc(F)c1Br. The van der Waals surface area contributed by atoms with Crippen LogP contribution in [0.2, 0.25) is 0 Å². The van der Waals surface area contributed by atoms with Crippen LogP contribution in [0.15, 0.2) is 22.7 Å². The molecule has 0 fully saturated rings. The number of halogens is 2. The highest BCUT2D eigenvalue weighted by atomic mass is 79.9. The van der Waals surface area contributed by atoms with Gasteiger partial charge >= 0.3 is 0 Å². The lowest BCUT2D eigenvalue weighted by atomic mass is 9.89. The smallest absolute Gasteiger partial charge is 0.137 e. The fourth-order valence-electron chi connectivity index (χ4n) is 1.96. The predicted octanol–water partition coefficient (Wildman–Crippen LogP) is 3.66. The van der Waals surface area contributed by atoms with Crippen LogP contribution in [0, 0.1) is 5.82 Å². The van der Waals surface area contributed by atoms with Crippen molar-refractivity contribution in [2.24, 2.45) is 5.73 Å². The molecule has 1 rings (SSSR count). The van der Waals surface area contributed by atoms with Gasteiger partial charge in [0, 0.05) is 12.6 Å². The van der Waals surface area contributed by atoms with Crippen molar-refractivity contribution in [3.05, 3.63) is 34.1 Å². The van der Waals surface area contributed by atoms with Gasteiger partial charge in [0.15, 0.2) is 0 Å². The average Bonchev–Trinajstić information content (AvgIpc) is 2.35. The molecule has 18 heavy (non-hydrogen) atoms. The molecule has 0 bridgehead atoms. The van der Waals surface area contributed by atoms with Gasteiger partial charge in [-0.25, -0.2) is 4.39 Å². The second kappa shape index (κ2) is 6.64. The van der Waals surface area contributed by atoms with E-state index in [9.17, 15) is 4.39 Å². The Morgan fingerprint density at radius 3 is 2.67 bits per heavy atom. The second-order valence-corrected chi connectivity index (χ2v) is 5.42. The highest BCUT2D eigenvalue weighted by Crippen LogP contribution is 2.26. The third-order valence-corrected chi connectivity index (χ3v) is 4.32. The van der Waals surface area contributed by atoms with Crippen LogP contribution in [0.25, 0.3) is 0 Å². The van der Waals surface area contributed by atoms with E-state index >= 15 is 0 Å². The summed E-state index contributed by atoms with van der Waals surface area (Å²) in [7, 11) is 0. The van der Waals surface area contributed by atoms with E-state index in [2.05, 4.69) is 22.9 Å². The third-order valence-electron chi connectivity index (χ3n) is 3.43. The summed E-state index contributed by atoms with van der Waals surface area (Å²) in [5.74, 6) is -0.255. The Kier molecular flexibility index (Phi) is 5.76. The van der Waals surface area contributed by atoms with Gasteiger partial charge in [0.05, 0.1) is 10.1 Å². The summed E-state index contributed by atoms with van der Waals surface area (Å²) < 4.78 is 19.7. The fraction of sp³-hybridized carbons (Fsp3) is 0.571. The van der Waals surface area contributed by atoms with E-state index in [0.29, 0.717) is 17.5 Å². The molecule has 0 saturated carbocycles. The van der Waals surface area contributed by atoms with Crippen molar-refractivity contribution in [2.45, 2.75) is 45.3 Å². The largest absolute Gasteiger partial charge is 0.374 e. The zero-order valence-electron chi connectivity index (χ0n) is 11.2. The van der Waals surface area contributed by atoms with Gasteiger partial charge in [-0.3, -0.25) is 0 Å². The molecular weight excluding hydrogens is 297 g/mol. The lowest BCUT2D eigenvalue weighted by molar-refractivity contribution is -0.0461. The Hall–Kier alpha value is -0.450. The molecule has 0 aliphatic carbocycles. The van der Waals surface area contributed by atoms with Crippen LogP contribution in [0.5, 0.6) is 0 Å². The number of hydrogen-bond donors (Lipinski definition) is 1. The Morgan fingerprint density at radius 1 is 1.44 bits per heavy atom. The average molecular weight is 318 g/mol. The highest BCUT2D eigenvalue weighted by molar-refractivity contribution is 9.10. The molecule has 2 atom stereocenters. The van der Waals surface area contributed by atoms with E-state index in [0.717, 1.165) is 12.0 Å². The van der Waals surface area contributed by atoms with Crippen molar-refractivity contribution in [2.75, 3.05) is 6.61 Å². The Balaban J connectivity index is 2.86. The van der Waals surface area contributed by atoms with Crippen molar-refractivity contribution in [3.63, 3.8) is 0 Å². The first-order valence-electron chi connectivity index (χ1n) is 6.27. The molecule has 0 amide bonds. The maximum absolute atomic E-state index is 13.4. The number of nitrogens with two attached hydrogens (primary N) is 1. The van der Waals surface area contributed by atoms with Crippen molar-refractivity contribution in [1.82, 2.24) is 0 Å². The van der Waals surface area contributed by atoms with Gasteiger partial charge in [0.2, 0.25) is 0 Å². The Labute approximate surface area is 117 Å². The Morgan fingerprint density at radius 2 is 2.11 bits per heavy atom. The molecule has 1 aromatic carbocycles. The van der Waals surface area contributed by atoms with Crippen molar-refractivity contribution in [1.29, 1.82) is 0 Å². The van der Waals surface area contributed by atoms with Crippen molar-refractivity contribution < 1.29 is 9.13 Å². The maximum Gasteiger partial charge on any atom is 0.137 e. The molecule has 0 heterocycles. The molecule has 2 N–H and O–H groups in total. The molecule has 2 unspecified atom stereocenters. The first-order valence-corrected chi connectivity index (χ1v) is 7.06. The third kappa shape index (κ3) is 3.53. The highest BCUT2D eigenvalue weighted by Gasteiger charge is 2.31. The first-order chi connectivity index (χ1) is 8.44. The summed E-state index contributed by atoms with van der Waals surface area (Å²) in [6, 6.07) is 4.85. The molecule has 0 aliphatic rings. The van der Waals surface area contributed by atoms with E-state index in [4.69, 9.17) is 10.5 Å². The molecule has 0 aliphatic heterocycles. The number of ether oxygens (including phenoxy) is 1. The normalized spacial score (nSPS) is 16.3. The minimum atomic E-state index is -0.374. The van der Waals surface area contributed by atoms with E-state index in [1.807, 2.05) is 19.9 Å². The molecule has 2 nitrogen and oxygen atoms in total. The summed E-state index contributed by atoms with van der Waals surface area (Å²) >= 11 is 3.26. The van der Waals surface area contributed by atoms with Gasteiger partial charge in [0.25, 0.3) is 0 Å². The lowest BCUT2D eigenvalue weighted by Gasteiger charge is -2.34. The van der Waals surface area contributed by atoms with E-state index in [-0.39, 0.29) is 17.5 Å². The van der Waals surface area contributed by atoms with Crippen LogP contribution in [-0.4, -0.2) is 18.2 Å². The molecule has 1 aromatic rings. The zero-order chi connectivity index (χ0) is 13.8. The topological polar surface area (TPSA) is 35.2 Å². The van der Waals surface area contributed by atoms with Gasteiger partial charge in [0.1, 0.15) is 5.82 Å². The number of hydrogen-bond acceptors (Lipinski definition) is 2. The van der Waals surface area contributed by atoms with E-state index in [1.54, 1.807) is 6.07 Å². The fourth-order valence-corrected chi connectivity index (χ4v) is 2.39. The summed E-state index contributed by atoms with van der Waals surface area (Å²) in [4.78, 5) is 0. The van der Waals surface area contributed by atoms with Crippen LogP contribution < -0.4 is 5.73 Å². The number of benzene rings is 1. The lowest BCUT2D eigenvalue weighted by Crippen LogP contribution is -2.48. The summed E-state index contributed by atoms with van der Waals surface area (Å²) in [6.07, 6.45) is 1.41. The standard InChI is InChI=1S/C14H21BrFNO/c1-4-14(3,18-5-2)12(17)9-10-7-6-8-11(16)13(10)15/h6-8,12H,4-5,9,17H2,1-3H3. The summed E-state index contributed by atoms with van der Waals surface area (Å²) in [6.45, 7) is 6.64. The molecule has 0 radical (unpaired) electrons. The monoisotopic (exact) mass is 317 g/mol. The quantitative estimate of drug-likeness (QED) is 0.869. The Bertz CT molecular complexity index is 399. The van der Waals surface area contributed by atoms with Gasteiger partial charge in [-0.15, -0.1) is 0 Å². The zero-order valence-corrected chi connectivity index (χ0v) is 12.8. The molecule has 0 aromatic heterocycles. The minimum Gasteiger partial charge on any atom is -0.374 e. The van der Waals surface area contributed by atoms with Crippen molar-refractivity contribution in [3.8, 4) is 0 Å². The van der Waals surface area contributed by atoms with Crippen LogP contribution in [-0.2, 0) is 11.2 Å². The molecule has 0 spiro atoms. The molecule has 4 heteroatoms. The summed E-state index contributed by atoms with van der Waals surface area (Å²) in [5, 5.41) is 0. The van der Waals surface area contributed by atoms with Crippen LogP contribution >= 0.6 is 15.9 Å². The van der Waals surface area contributed by atoms with Crippen molar-refractivity contribution >= 4 is 15.9 Å². The van der Waals surface area contributed by atoms with Gasteiger partial charge in [-0.05, 0) is 54.2 Å². The first kappa shape index (κ1) is 15.6. The van der Waals surface area contributed by atoms with Crippen LogP contribution in [0.4, 0.5) is 4.39 Å². The number of rotatable bonds is 6. The van der Waals surface area contributed by atoms with E-state index < -0.39 is 0 Å². The molecule has 102 valence electrons. The summed E-state index contributed by atoms with van der Waals surface area (Å²) in [5.41, 5.74) is 6.73. The van der Waals surface area contributed by atoms with E-state index in [1.165, 1.54) is 6.07 Å². The van der Waals surface area contributed by atoms with Gasteiger partial charge in [-0.1, -0.05) is 19.1 Å². The predicted molar refractivity (Wildman–Crippen MR) is 76.1 cm³/mol. The maximum atomic E-state index is 13.4. The molecular formula is C14H21BrFNO. The van der Waals surface area contributed by atoms with Gasteiger partial charge in [-0.2, -0.15) is 0 Å².